The number of rotatable bonds is 7. The summed E-state index contributed by atoms with van der Waals surface area (Å²) >= 11 is 0. The minimum absolute atomic E-state index is 0.00340. The second kappa shape index (κ2) is 8.54. The Balaban J connectivity index is 2.42. The molecule has 2 aromatic carbocycles. The third-order valence-corrected chi connectivity index (χ3v) is 5.48. The van der Waals surface area contributed by atoms with Crippen LogP contribution in [0, 0.1) is 0 Å². The van der Waals surface area contributed by atoms with E-state index < -0.39 is 15.9 Å². The highest BCUT2D eigenvalue weighted by Gasteiger charge is 2.27. The zero-order chi connectivity index (χ0) is 20.0. The maximum Gasteiger partial charge on any atom is 0.264 e. The summed E-state index contributed by atoms with van der Waals surface area (Å²) in [6.07, 6.45) is 0. The van der Waals surface area contributed by atoms with E-state index in [9.17, 15) is 18.0 Å². The summed E-state index contributed by atoms with van der Waals surface area (Å²) in [7, 11) is -1.07. The first-order chi connectivity index (χ1) is 12.8. The first-order valence-electron chi connectivity index (χ1n) is 8.03. The summed E-state index contributed by atoms with van der Waals surface area (Å²) in [5.74, 6) is -0.148. The van der Waals surface area contributed by atoms with E-state index in [4.69, 9.17) is 4.74 Å². The third kappa shape index (κ3) is 4.98. The number of likely N-dealkylation sites (N-methyl/N-ethyl adjacent to an activating group) is 1. The quantitative estimate of drug-likeness (QED) is 0.746. The molecule has 0 fully saturated rings. The number of hydrogen-bond donors (Lipinski definition) is 2. The molecule has 9 heteroatoms. The number of benzene rings is 2. The Kier molecular flexibility index (Phi) is 6.40. The number of nitrogens with zero attached hydrogens (tertiary/aromatic N) is 1. The molecule has 8 nitrogen and oxygen atoms in total. The van der Waals surface area contributed by atoms with E-state index in [-0.39, 0.29) is 17.3 Å². The Morgan fingerprint density at radius 3 is 2.11 bits per heavy atom. The van der Waals surface area contributed by atoms with Crippen molar-refractivity contribution in [3.05, 3.63) is 48.5 Å². The van der Waals surface area contributed by atoms with Gasteiger partial charge in [-0.15, -0.1) is 0 Å². The van der Waals surface area contributed by atoms with Crippen LogP contribution in [-0.4, -0.2) is 40.9 Å². The summed E-state index contributed by atoms with van der Waals surface area (Å²) < 4.78 is 32.3. The van der Waals surface area contributed by atoms with E-state index in [1.807, 2.05) is 0 Å². The van der Waals surface area contributed by atoms with Gasteiger partial charge in [0.05, 0.1) is 17.7 Å². The molecule has 0 aliphatic rings. The summed E-state index contributed by atoms with van der Waals surface area (Å²) in [6, 6.07) is 12.1. The van der Waals surface area contributed by atoms with Gasteiger partial charge < -0.3 is 15.4 Å². The van der Waals surface area contributed by atoms with Crippen LogP contribution in [-0.2, 0) is 19.6 Å². The van der Waals surface area contributed by atoms with Gasteiger partial charge in [-0.2, -0.15) is 0 Å². The lowest BCUT2D eigenvalue weighted by Crippen LogP contribution is -2.39. The molecule has 144 valence electrons. The van der Waals surface area contributed by atoms with Crippen LogP contribution in [0.25, 0.3) is 0 Å². The van der Waals surface area contributed by atoms with Gasteiger partial charge in [0.15, 0.2) is 0 Å². The standard InChI is InChI=1S/C18H21N3O5S/c1-13(22)20-14-4-10-17(11-5-14)27(24,25)21(12-18(23)19-2)15-6-8-16(26-3)9-7-15/h4-11H,12H2,1-3H3,(H,19,23)(H,20,22). The first-order valence-corrected chi connectivity index (χ1v) is 9.47. The summed E-state index contributed by atoms with van der Waals surface area (Å²) in [6.45, 7) is 0.984. The molecule has 0 aliphatic heterocycles. The largest absolute Gasteiger partial charge is 0.497 e. The van der Waals surface area contributed by atoms with Crippen LogP contribution in [0.5, 0.6) is 5.75 Å². The van der Waals surface area contributed by atoms with Crippen molar-refractivity contribution in [3.63, 3.8) is 0 Å². The van der Waals surface area contributed by atoms with Crippen LogP contribution in [0.3, 0.4) is 0 Å². The molecular formula is C18H21N3O5S. The van der Waals surface area contributed by atoms with E-state index in [0.29, 0.717) is 17.1 Å². The normalized spacial score (nSPS) is 10.8. The van der Waals surface area contributed by atoms with Crippen molar-refractivity contribution in [3.8, 4) is 5.75 Å². The third-order valence-electron chi connectivity index (χ3n) is 3.69. The molecule has 27 heavy (non-hydrogen) atoms. The van der Waals surface area contributed by atoms with Gasteiger partial charge in [0.2, 0.25) is 11.8 Å². The average Bonchev–Trinajstić information content (AvgIpc) is 2.65. The van der Waals surface area contributed by atoms with Crippen molar-refractivity contribution in [1.29, 1.82) is 0 Å². The second-order valence-electron chi connectivity index (χ2n) is 5.59. The molecular weight excluding hydrogens is 370 g/mol. The first kappa shape index (κ1) is 20.2. The number of carbonyl (C=O) groups excluding carboxylic acids is 2. The highest BCUT2D eigenvalue weighted by atomic mass is 32.2. The Morgan fingerprint density at radius 2 is 1.63 bits per heavy atom. The average molecular weight is 391 g/mol. The molecule has 0 atom stereocenters. The lowest BCUT2D eigenvalue weighted by Gasteiger charge is -2.24. The van der Waals surface area contributed by atoms with Gasteiger partial charge >= 0.3 is 0 Å². The predicted molar refractivity (Wildman–Crippen MR) is 102 cm³/mol. The fourth-order valence-corrected chi connectivity index (χ4v) is 3.73. The van der Waals surface area contributed by atoms with E-state index in [1.165, 1.54) is 45.3 Å². The van der Waals surface area contributed by atoms with Crippen LogP contribution < -0.4 is 19.7 Å². The minimum atomic E-state index is -4.01. The van der Waals surface area contributed by atoms with E-state index in [0.717, 1.165) is 4.31 Å². The molecule has 0 heterocycles. The monoisotopic (exact) mass is 391 g/mol. The molecule has 2 amide bonds. The molecule has 0 saturated carbocycles. The SMILES string of the molecule is CNC(=O)CN(c1ccc(OC)cc1)S(=O)(=O)c1ccc(NC(C)=O)cc1. The van der Waals surface area contributed by atoms with E-state index in [1.54, 1.807) is 24.3 Å². The molecule has 0 aliphatic carbocycles. The molecule has 0 unspecified atom stereocenters. The van der Waals surface area contributed by atoms with Crippen molar-refractivity contribution in [2.75, 3.05) is 30.3 Å². The molecule has 0 saturated heterocycles. The van der Waals surface area contributed by atoms with Gasteiger partial charge in [-0.1, -0.05) is 0 Å². The molecule has 0 spiro atoms. The lowest BCUT2D eigenvalue weighted by atomic mass is 10.3. The van der Waals surface area contributed by atoms with Crippen LogP contribution in [0.2, 0.25) is 0 Å². The van der Waals surface area contributed by atoms with Gasteiger partial charge in [-0.3, -0.25) is 13.9 Å². The maximum atomic E-state index is 13.1. The molecule has 2 rings (SSSR count). The predicted octanol–water partition coefficient (Wildman–Crippen LogP) is 1.59. The van der Waals surface area contributed by atoms with E-state index >= 15 is 0 Å². The fraction of sp³-hybridized carbons (Fsp3) is 0.222. The molecule has 0 aromatic heterocycles. The number of amides is 2. The summed E-state index contributed by atoms with van der Waals surface area (Å²) in [5.41, 5.74) is 0.800. The zero-order valence-electron chi connectivity index (χ0n) is 15.2. The smallest absolute Gasteiger partial charge is 0.264 e. The van der Waals surface area contributed by atoms with Crippen molar-refractivity contribution < 1.29 is 22.7 Å². The van der Waals surface area contributed by atoms with Crippen molar-refractivity contribution in [2.24, 2.45) is 0 Å². The van der Waals surface area contributed by atoms with Crippen LogP contribution in [0.15, 0.2) is 53.4 Å². The van der Waals surface area contributed by atoms with E-state index in [2.05, 4.69) is 10.6 Å². The number of anilines is 2. The number of nitrogens with one attached hydrogen (secondary N) is 2. The molecule has 0 bridgehead atoms. The van der Waals surface area contributed by atoms with Crippen molar-refractivity contribution in [2.45, 2.75) is 11.8 Å². The maximum absolute atomic E-state index is 13.1. The van der Waals surface area contributed by atoms with Gasteiger partial charge in [0, 0.05) is 19.7 Å². The van der Waals surface area contributed by atoms with Crippen LogP contribution in [0.1, 0.15) is 6.92 Å². The number of methoxy groups -OCH3 is 1. The topological polar surface area (TPSA) is 105 Å². The Morgan fingerprint density at radius 1 is 1.04 bits per heavy atom. The number of hydrogen-bond acceptors (Lipinski definition) is 5. The lowest BCUT2D eigenvalue weighted by molar-refractivity contribution is -0.119. The fourth-order valence-electron chi connectivity index (χ4n) is 2.31. The summed E-state index contributed by atoms with van der Waals surface area (Å²) in [5, 5.41) is 5.00. The zero-order valence-corrected chi connectivity index (χ0v) is 16.0. The Labute approximate surface area is 158 Å². The van der Waals surface area contributed by atoms with Crippen molar-refractivity contribution in [1.82, 2.24) is 5.32 Å². The van der Waals surface area contributed by atoms with Gasteiger partial charge in [0.25, 0.3) is 10.0 Å². The van der Waals surface area contributed by atoms with Gasteiger partial charge in [-0.05, 0) is 48.5 Å². The number of carbonyl (C=O) groups is 2. The van der Waals surface area contributed by atoms with Gasteiger partial charge in [-0.25, -0.2) is 8.42 Å². The Hall–Kier alpha value is -3.07. The number of sulfonamides is 1. The highest BCUT2D eigenvalue weighted by Crippen LogP contribution is 2.26. The molecule has 2 N–H and O–H groups in total. The van der Waals surface area contributed by atoms with Crippen LogP contribution >= 0.6 is 0 Å². The number of ether oxygens (including phenoxy) is 1. The summed E-state index contributed by atoms with van der Waals surface area (Å²) in [4.78, 5) is 23.0. The highest BCUT2D eigenvalue weighted by molar-refractivity contribution is 7.92. The minimum Gasteiger partial charge on any atom is -0.497 e. The molecule has 0 radical (unpaired) electrons. The van der Waals surface area contributed by atoms with Crippen LogP contribution in [0.4, 0.5) is 11.4 Å². The molecule has 2 aromatic rings. The Bertz CT molecular complexity index is 909. The second-order valence-corrected chi connectivity index (χ2v) is 7.45. The van der Waals surface area contributed by atoms with Gasteiger partial charge in [0.1, 0.15) is 12.3 Å². The van der Waals surface area contributed by atoms with Crippen molar-refractivity contribution >= 4 is 33.2 Å².